The Morgan fingerprint density at radius 1 is 1.07 bits per heavy atom. The molecule has 0 spiro atoms. The zero-order valence-corrected chi connectivity index (χ0v) is 23.1. The lowest BCUT2D eigenvalue weighted by atomic mass is 9.83. The average molecular weight is 585 g/mol. The first-order valence-corrected chi connectivity index (χ1v) is 14.9. The number of aliphatic hydroxyl groups is 1. The van der Waals surface area contributed by atoms with Crippen LogP contribution in [0.4, 0.5) is 26.0 Å². The van der Waals surface area contributed by atoms with Crippen LogP contribution in [0.1, 0.15) is 52.0 Å². The molecule has 4 aromatic heterocycles. The van der Waals surface area contributed by atoms with E-state index >= 15 is 0 Å². The first-order valence-electron chi connectivity index (χ1n) is 13.4. The molecule has 41 heavy (non-hydrogen) atoms. The van der Waals surface area contributed by atoms with Crippen molar-refractivity contribution >= 4 is 27.2 Å². The maximum atomic E-state index is 13.2. The van der Waals surface area contributed by atoms with E-state index in [-0.39, 0.29) is 11.3 Å². The van der Waals surface area contributed by atoms with E-state index in [2.05, 4.69) is 30.8 Å². The molecular weight excluding hydrogens is 554 g/mol. The number of nitrogens with zero attached hydrogens (tertiary/aromatic N) is 6. The molecule has 0 aromatic carbocycles. The minimum atomic E-state index is -3.48. The Morgan fingerprint density at radius 3 is 2.56 bits per heavy atom. The molecule has 6 rings (SSSR count). The van der Waals surface area contributed by atoms with E-state index in [0.717, 1.165) is 16.9 Å². The summed E-state index contributed by atoms with van der Waals surface area (Å²) >= 11 is 0. The number of hydrogen-bond acceptors (Lipinski definition) is 9. The van der Waals surface area contributed by atoms with E-state index in [9.17, 15) is 22.3 Å². The van der Waals surface area contributed by atoms with Crippen LogP contribution in [0.15, 0.2) is 55.2 Å². The standard InChI is InChI=1S/C27H30F2N8O3S/c1-27(38)8-4-18(5-9-27)33-24-13-25(31-15-21(24)22-7-11-36(35-22)26(28)29)34-19-6-10-30-23(12-19)17-14-32-37(16-17)41(39,40)20-2-3-20/h6-7,10-16,18,20,26,38H,2-5,8-9H2,1H3,(H2,30,31,33,34). The van der Waals surface area contributed by atoms with Gasteiger partial charge >= 0.3 is 6.55 Å². The van der Waals surface area contributed by atoms with Crippen molar-refractivity contribution in [1.29, 1.82) is 0 Å². The molecule has 11 nitrogen and oxygen atoms in total. The van der Waals surface area contributed by atoms with Crippen molar-refractivity contribution in [3.8, 4) is 22.5 Å². The van der Waals surface area contributed by atoms with Crippen molar-refractivity contribution in [3.05, 3.63) is 55.2 Å². The quantitative estimate of drug-likeness (QED) is 0.253. The predicted molar refractivity (Wildman–Crippen MR) is 149 cm³/mol. The van der Waals surface area contributed by atoms with Crippen LogP contribution in [-0.2, 0) is 10.0 Å². The van der Waals surface area contributed by atoms with Gasteiger partial charge in [-0.25, -0.2) is 18.1 Å². The van der Waals surface area contributed by atoms with Gasteiger partial charge in [-0.15, -0.1) is 0 Å². The predicted octanol–water partition coefficient (Wildman–Crippen LogP) is 4.79. The number of hydrogen-bond donors (Lipinski definition) is 3. The summed E-state index contributed by atoms with van der Waals surface area (Å²) in [6.07, 6.45) is 11.4. The molecular formula is C27H30F2N8O3S. The van der Waals surface area contributed by atoms with Gasteiger partial charge in [-0.1, -0.05) is 0 Å². The van der Waals surface area contributed by atoms with E-state index in [4.69, 9.17) is 0 Å². The summed E-state index contributed by atoms with van der Waals surface area (Å²) < 4.78 is 53.0. The van der Waals surface area contributed by atoms with Crippen LogP contribution in [0, 0.1) is 0 Å². The van der Waals surface area contributed by atoms with E-state index < -0.39 is 22.2 Å². The number of pyridine rings is 2. The molecule has 216 valence electrons. The van der Waals surface area contributed by atoms with Crippen molar-refractivity contribution in [1.82, 2.24) is 28.9 Å². The van der Waals surface area contributed by atoms with Crippen molar-refractivity contribution in [3.63, 3.8) is 0 Å². The first-order chi connectivity index (χ1) is 19.6. The molecule has 2 aliphatic rings. The van der Waals surface area contributed by atoms with Crippen molar-refractivity contribution in [2.75, 3.05) is 10.6 Å². The number of aromatic nitrogens is 6. The number of rotatable bonds is 9. The van der Waals surface area contributed by atoms with Crippen LogP contribution >= 0.6 is 0 Å². The fourth-order valence-corrected chi connectivity index (χ4v) is 6.43. The molecule has 0 unspecified atom stereocenters. The number of halogens is 2. The molecule has 2 aliphatic carbocycles. The zero-order valence-electron chi connectivity index (χ0n) is 22.3. The number of alkyl halides is 2. The fourth-order valence-electron chi connectivity index (χ4n) is 4.95. The fraction of sp³-hybridized carbons (Fsp3) is 0.407. The Kier molecular flexibility index (Phi) is 6.98. The van der Waals surface area contributed by atoms with Crippen LogP contribution in [0.2, 0.25) is 0 Å². The van der Waals surface area contributed by atoms with Gasteiger partial charge in [-0.05, 0) is 63.6 Å². The monoisotopic (exact) mass is 584 g/mol. The molecule has 0 saturated heterocycles. The van der Waals surface area contributed by atoms with Crippen LogP contribution in [0.3, 0.4) is 0 Å². The van der Waals surface area contributed by atoms with Crippen LogP contribution in [0.25, 0.3) is 22.5 Å². The Balaban J connectivity index is 1.26. The lowest BCUT2D eigenvalue weighted by molar-refractivity contribution is 0.0196. The molecule has 0 radical (unpaired) electrons. The lowest BCUT2D eigenvalue weighted by Crippen LogP contribution is -2.35. The summed E-state index contributed by atoms with van der Waals surface area (Å²) in [4.78, 5) is 8.87. The van der Waals surface area contributed by atoms with Crippen molar-refractivity contribution in [2.24, 2.45) is 0 Å². The highest BCUT2D eigenvalue weighted by atomic mass is 32.2. The molecule has 2 saturated carbocycles. The van der Waals surface area contributed by atoms with E-state index in [1.165, 1.54) is 24.7 Å². The normalized spacial score (nSPS) is 21.2. The second-order valence-corrected chi connectivity index (χ2v) is 13.0. The van der Waals surface area contributed by atoms with Gasteiger partial charge in [-0.3, -0.25) is 4.98 Å². The second-order valence-electron chi connectivity index (χ2n) is 10.9. The number of anilines is 3. The molecule has 3 N–H and O–H groups in total. The lowest BCUT2D eigenvalue weighted by Gasteiger charge is -2.34. The van der Waals surface area contributed by atoms with Gasteiger partial charge in [0, 0.05) is 53.2 Å². The number of nitrogens with one attached hydrogen (secondary N) is 2. The molecule has 4 heterocycles. The SMILES string of the molecule is CC1(O)CCC(Nc2cc(Nc3ccnc(-c4cnn(S(=O)(=O)C5CC5)c4)c3)ncc2-c2ccn(C(F)F)n2)CC1. The molecule has 14 heteroatoms. The maximum absolute atomic E-state index is 13.2. The summed E-state index contributed by atoms with van der Waals surface area (Å²) in [6, 6.07) is 6.92. The average Bonchev–Trinajstić information content (AvgIpc) is 3.48. The van der Waals surface area contributed by atoms with Gasteiger partial charge in [-0.2, -0.15) is 23.1 Å². The molecule has 0 bridgehead atoms. The highest BCUT2D eigenvalue weighted by Crippen LogP contribution is 2.35. The third kappa shape index (κ3) is 5.93. The van der Waals surface area contributed by atoms with Crippen LogP contribution in [-0.4, -0.2) is 59.4 Å². The van der Waals surface area contributed by atoms with Gasteiger partial charge in [0.2, 0.25) is 0 Å². The smallest absolute Gasteiger partial charge is 0.333 e. The highest BCUT2D eigenvalue weighted by molar-refractivity contribution is 7.90. The van der Waals surface area contributed by atoms with Gasteiger partial charge in [0.25, 0.3) is 10.0 Å². The van der Waals surface area contributed by atoms with Crippen molar-refractivity contribution in [2.45, 2.75) is 68.9 Å². The Labute approximate surface area is 235 Å². The molecule has 0 amide bonds. The summed E-state index contributed by atoms with van der Waals surface area (Å²) in [5.74, 6) is 0.497. The van der Waals surface area contributed by atoms with E-state index in [1.54, 1.807) is 30.6 Å². The molecule has 0 atom stereocenters. The third-order valence-electron chi connectivity index (χ3n) is 7.51. The van der Waals surface area contributed by atoms with Gasteiger partial charge in [0.15, 0.2) is 0 Å². The second kappa shape index (κ2) is 10.5. The van der Waals surface area contributed by atoms with E-state index in [0.29, 0.717) is 70.1 Å². The van der Waals surface area contributed by atoms with Crippen LogP contribution in [0.5, 0.6) is 0 Å². The largest absolute Gasteiger partial charge is 0.390 e. The minimum absolute atomic E-state index is 0.0809. The zero-order chi connectivity index (χ0) is 28.8. The van der Waals surface area contributed by atoms with E-state index in [1.807, 2.05) is 6.92 Å². The van der Waals surface area contributed by atoms with Gasteiger partial charge in [0.05, 0.1) is 34.6 Å². The first kappa shape index (κ1) is 27.3. The van der Waals surface area contributed by atoms with Crippen molar-refractivity contribution < 1.29 is 22.3 Å². The summed E-state index contributed by atoms with van der Waals surface area (Å²) in [5, 5.41) is 24.8. The topological polar surface area (TPSA) is 140 Å². The molecule has 2 fully saturated rings. The van der Waals surface area contributed by atoms with Crippen LogP contribution < -0.4 is 10.6 Å². The van der Waals surface area contributed by atoms with Gasteiger partial charge < -0.3 is 15.7 Å². The Hall–Kier alpha value is -3.91. The summed E-state index contributed by atoms with van der Waals surface area (Å²) in [6.45, 7) is -0.920. The minimum Gasteiger partial charge on any atom is -0.390 e. The maximum Gasteiger partial charge on any atom is 0.333 e. The molecule has 4 aromatic rings. The molecule has 0 aliphatic heterocycles. The Bertz CT molecular complexity index is 1660. The highest BCUT2D eigenvalue weighted by Gasteiger charge is 2.37. The third-order valence-corrected chi connectivity index (χ3v) is 9.54. The summed E-state index contributed by atoms with van der Waals surface area (Å²) in [7, 11) is -3.48. The van der Waals surface area contributed by atoms with Gasteiger partial charge in [0.1, 0.15) is 5.82 Å². The summed E-state index contributed by atoms with van der Waals surface area (Å²) in [5.41, 5.74) is 2.68. The Morgan fingerprint density at radius 2 is 1.85 bits per heavy atom.